The van der Waals surface area contributed by atoms with E-state index in [4.69, 9.17) is 28.1 Å². The lowest BCUT2D eigenvalue weighted by atomic mass is 9.93. The minimum atomic E-state index is -4.83. The van der Waals surface area contributed by atoms with E-state index in [0.29, 0.717) is 51.0 Å². The molecular formula is C66H38F3N7. The molecule has 0 unspecified atom stereocenters. The van der Waals surface area contributed by atoms with Crippen LogP contribution in [-0.2, 0) is 6.18 Å². The molecule has 0 aliphatic rings. The second-order valence-corrected chi connectivity index (χ2v) is 18.4. The molecule has 0 N–H and O–H groups in total. The van der Waals surface area contributed by atoms with Gasteiger partial charge in [-0.1, -0.05) is 164 Å². The fourth-order valence-corrected chi connectivity index (χ4v) is 10.7. The number of halogens is 3. The van der Waals surface area contributed by atoms with Crippen molar-refractivity contribution in [2.24, 2.45) is 0 Å². The Morgan fingerprint density at radius 1 is 0.342 bits per heavy atom. The molecule has 10 aromatic carbocycles. The molecule has 10 heteroatoms. The highest BCUT2D eigenvalue weighted by atomic mass is 19.4. The number of alkyl halides is 3. The molecule has 3 heterocycles. The first kappa shape index (κ1) is 45.4. The minimum absolute atomic E-state index is 0.0499. The quantitative estimate of drug-likeness (QED) is 0.143. The van der Waals surface area contributed by atoms with Crippen LogP contribution >= 0.6 is 0 Å². The van der Waals surface area contributed by atoms with Crippen LogP contribution in [0.1, 0.15) is 5.56 Å². The normalized spacial score (nSPS) is 11.6. The van der Waals surface area contributed by atoms with Crippen LogP contribution in [0.2, 0.25) is 0 Å². The van der Waals surface area contributed by atoms with Gasteiger partial charge in [0, 0.05) is 49.4 Å². The number of hydrogen-bond donors (Lipinski definition) is 0. The topological polar surface area (TPSA) is 57.2 Å². The van der Waals surface area contributed by atoms with Crippen LogP contribution < -0.4 is 0 Å². The van der Waals surface area contributed by atoms with Gasteiger partial charge in [-0.05, 0) is 89.0 Å². The van der Waals surface area contributed by atoms with Crippen LogP contribution in [0, 0.1) is 13.1 Å². The van der Waals surface area contributed by atoms with Crippen LogP contribution in [0.4, 0.5) is 24.5 Å². The number of hydrogen-bond acceptors (Lipinski definition) is 3. The van der Waals surface area contributed by atoms with Crippen LogP contribution in [0.5, 0.6) is 0 Å². The molecule has 7 nitrogen and oxygen atoms in total. The van der Waals surface area contributed by atoms with Crippen molar-refractivity contribution in [3.8, 4) is 78.9 Å². The predicted octanol–water partition coefficient (Wildman–Crippen LogP) is 18.2. The van der Waals surface area contributed by atoms with Crippen molar-refractivity contribution in [2.75, 3.05) is 0 Å². The molecule has 0 saturated heterocycles. The van der Waals surface area contributed by atoms with Crippen LogP contribution in [0.25, 0.3) is 132 Å². The van der Waals surface area contributed by atoms with Crippen LogP contribution in [0.15, 0.2) is 231 Å². The Bertz CT molecular complexity index is 4480. The van der Waals surface area contributed by atoms with Gasteiger partial charge in [-0.25, -0.2) is 24.6 Å². The van der Waals surface area contributed by atoms with E-state index >= 15 is 13.2 Å². The van der Waals surface area contributed by atoms with Gasteiger partial charge in [-0.3, -0.25) is 0 Å². The molecule has 0 aliphatic heterocycles. The van der Waals surface area contributed by atoms with Gasteiger partial charge in [-0.15, -0.1) is 0 Å². The van der Waals surface area contributed by atoms with E-state index in [2.05, 4.69) is 15.8 Å². The van der Waals surface area contributed by atoms with Crippen molar-refractivity contribution in [1.29, 1.82) is 0 Å². The molecule has 76 heavy (non-hydrogen) atoms. The zero-order valence-electron chi connectivity index (χ0n) is 40.2. The number of rotatable bonds is 8. The average molecular weight is 986 g/mol. The molecule has 0 saturated carbocycles. The van der Waals surface area contributed by atoms with Gasteiger partial charge < -0.3 is 9.13 Å². The SMILES string of the molecule is [C-]#[N+]c1ccccc1-c1ccc2c(c1)c1ccccc1n2-c1ccc(-c2nc(-c3ccccc3)nc(-c3ccccc3)n2)cc1-c1c(-n2c3ccccc3c3cc(-c4ccccc4[N+]#[C-])ccc32)cccc1C(F)(F)F. The summed E-state index contributed by atoms with van der Waals surface area (Å²) < 4.78 is 53.0. The van der Waals surface area contributed by atoms with Crippen molar-refractivity contribution in [3.05, 3.63) is 259 Å². The summed E-state index contributed by atoms with van der Waals surface area (Å²) in [6.07, 6.45) is -4.83. The highest BCUT2D eigenvalue weighted by Crippen LogP contribution is 2.48. The zero-order valence-corrected chi connectivity index (χ0v) is 40.2. The number of nitrogens with zero attached hydrogens (tertiary/aromatic N) is 7. The highest BCUT2D eigenvalue weighted by molar-refractivity contribution is 6.13. The Hall–Kier alpha value is -10.4. The second kappa shape index (κ2) is 18.3. The maximum absolute atomic E-state index is 16.4. The standard InChI is InChI=1S/C66H38F3N7/c1-70-54-27-13-9-22-46(54)43-32-35-58-50(38-43)48-24-11-15-29-56(48)75(58)60-37-34-45(65-73-63(41-18-5-3-6-19-41)72-64(74-65)42-20-7-4-8-21-42)40-52(60)62-53(66(67,68)69)26-17-31-61(62)76-57-30-16-12-25-49(57)51-39-44(33-36-59(51)76)47-23-10-14-28-55(47)71-2/h3-40H. The summed E-state index contributed by atoms with van der Waals surface area (Å²) in [6.45, 7) is 15.9. The van der Waals surface area contributed by atoms with Crippen molar-refractivity contribution in [2.45, 2.75) is 6.18 Å². The molecule has 0 bridgehead atoms. The van der Waals surface area contributed by atoms with E-state index in [0.717, 1.165) is 72.0 Å². The van der Waals surface area contributed by atoms with E-state index in [1.54, 1.807) is 24.3 Å². The fourth-order valence-electron chi connectivity index (χ4n) is 10.7. The van der Waals surface area contributed by atoms with Crippen molar-refractivity contribution in [3.63, 3.8) is 0 Å². The lowest BCUT2D eigenvalue weighted by Gasteiger charge is -2.23. The summed E-state index contributed by atoms with van der Waals surface area (Å²) in [7, 11) is 0. The lowest BCUT2D eigenvalue weighted by molar-refractivity contribution is -0.137. The Labute approximate surface area is 434 Å². The summed E-state index contributed by atoms with van der Waals surface area (Å²) in [6, 6.07) is 71.4. The summed E-state index contributed by atoms with van der Waals surface area (Å²) in [4.78, 5) is 22.6. The summed E-state index contributed by atoms with van der Waals surface area (Å²) >= 11 is 0. The van der Waals surface area contributed by atoms with Gasteiger partial charge in [-0.2, -0.15) is 13.2 Å². The minimum Gasteiger partial charge on any atom is -0.309 e. The molecule has 0 fully saturated rings. The molecule has 0 amide bonds. The van der Waals surface area contributed by atoms with Crippen LogP contribution in [0.3, 0.4) is 0 Å². The van der Waals surface area contributed by atoms with Gasteiger partial charge in [0.15, 0.2) is 28.8 Å². The first-order valence-electron chi connectivity index (χ1n) is 24.5. The van der Waals surface area contributed by atoms with Gasteiger partial charge >= 0.3 is 6.18 Å². The fraction of sp³-hybridized carbons (Fsp3) is 0.0152. The Morgan fingerprint density at radius 2 is 0.776 bits per heavy atom. The zero-order chi connectivity index (χ0) is 51.5. The number of para-hydroxylation sites is 4. The summed E-state index contributed by atoms with van der Waals surface area (Å²) in [5, 5.41) is 3.40. The third-order valence-electron chi connectivity index (χ3n) is 14.1. The molecule has 0 spiro atoms. The molecular weight excluding hydrogens is 948 g/mol. The highest BCUT2D eigenvalue weighted by Gasteiger charge is 2.37. The number of fused-ring (bicyclic) bond motifs is 6. The van der Waals surface area contributed by atoms with E-state index in [9.17, 15) is 0 Å². The summed E-state index contributed by atoms with van der Waals surface area (Å²) in [5.41, 5.74) is 9.29. The second-order valence-electron chi connectivity index (χ2n) is 18.4. The predicted molar refractivity (Wildman–Crippen MR) is 299 cm³/mol. The number of aromatic nitrogens is 5. The maximum Gasteiger partial charge on any atom is 0.417 e. The first-order valence-corrected chi connectivity index (χ1v) is 24.5. The Morgan fingerprint density at radius 3 is 1.29 bits per heavy atom. The lowest BCUT2D eigenvalue weighted by Crippen LogP contribution is -2.11. The third-order valence-corrected chi connectivity index (χ3v) is 14.1. The van der Waals surface area contributed by atoms with E-state index in [1.807, 2.05) is 197 Å². The first-order chi connectivity index (χ1) is 37.2. The van der Waals surface area contributed by atoms with E-state index < -0.39 is 11.7 Å². The third kappa shape index (κ3) is 7.64. The Kier molecular flexibility index (Phi) is 10.9. The van der Waals surface area contributed by atoms with Crippen molar-refractivity contribution < 1.29 is 13.2 Å². The molecule has 13 rings (SSSR count). The van der Waals surface area contributed by atoms with Gasteiger partial charge in [0.1, 0.15) is 0 Å². The Balaban J connectivity index is 1.14. The largest absolute Gasteiger partial charge is 0.417 e. The molecule has 358 valence electrons. The van der Waals surface area contributed by atoms with E-state index in [1.165, 1.54) is 6.07 Å². The number of benzene rings is 10. The van der Waals surface area contributed by atoms with Gasteiger partial charge in [0.25, 0.3) is 0 Å². The monoisotopic (exact) mass is 985 g/mol. The van der Waals surface area contributed by atoms with Gasteiger partial charge in [0.05, 0.1) is 52.1 Å². The molecule has 0 atom stereocenters. The van der Waals surface area contributed by atoms with Crippen molar-refractivity contribution in [1.82, 2.24) is 24.1 Å². The smallest absolute Gasteiger partial charge is 0.309 e. The molecule has 0 radical (unpaired) electrons. The van der Waals surface area contributed by atoms with E-state index in [-0.39, 0.29) is 17.0 Å². The average Bonchev–Trinajstić information content (AvgIpc) is 3.99. The van der Waals surface area contributed by atoms with Crippen LogP contribution in [-0.4, -0.2) is 24.1 Å². The molecule has 13 aromatic rings. The van der Waals surface area contributed by atoms with Crippen molar-refractivity contribution >= 4 is 55.0 Å². The molecule has 3 aromatic heterocycles. The summed E-state index contributed by atoms with van der Waals surface area (Å²) in [5.74, 6) is 1.10. The molecule has 0 aliphatic carbocycles. The maximum atomic E-state index is 16.4. The van der Waals surface area contributed by atoms with Gasteiger partial charge in [0.2, 0.25) is 0 Å².